The molecule has 0 aliphatic heterocycles. The third kappa shape index (κ3) is 3.43. The van der Waals surface area contributed by atoms with Gasteiger partial charge in [-0.3, -0.25) is 0 Å². The fourth-order valence-electron chi connectivity index (χ4n) is 1.57. The lowest BCUT2D eigenvalue weighted by Crippen LogP contribution is -2.10. The summed E-state index contributed by atoms with van der Waals surface area (Å²) in [6, 6.07) is 8.11. The molecule has 6 heteroatoms. The van der Waals surface area contributed by atoms with Crippen LogP contribution in [0.4, 0.5) is 8.78 Å². The fraction of sp³-hybridized carbons (Fsp3) is 0.0714. The number of rotatable bonds is 4. The van der Waals surface area contributed by atoms with Crippen LogP contribution < -0.4 is 10.5 Å². The van der Waals surface area contributed by atoms with Gasteiger partial charge in [0, 0.05) is 11.1 Å². The minimum atomic E-state index is -0.478. The van der Waals surface area contributed by atoms with Crippen molar-refractivity contribution in [2.75, 3.05) is 0 Å². The molecular formula is C14H10ClF2NOS. The van der Waals surface area contributed by atoms with Gasteiger partial charge in [0.25, 0.3) is 0 Å². The molecule has 0 aromatic heterocycles. The van der Waals surface area contributed by atoms with Gasteiger partial charge in [-0.2, -0.15) is 0 Å². The van der Waals surface area contributed by atoms with E-state index < -0.39 is 11.6 Å². The molecule has 0 aliphatic carbocycles. The predicted molar refractivity (Wildman–Crippen MR) is 78.0 cm³/mol. The quantitative estimate of drug-likeness (QED) is 0.871. The second kappa shape index (κ2) is 6.15. The molecule has 0 amide bonds. The maximum absolute atomic E-state index is 13.8. The zero-order chi connectivity index (χ0) is 14.7. The lowest BCUT2D eigenvalue weighted by Gasteiger charge is -2.09. The molecule has 2 aromatic carbocycles. The van der Waals surface area contributed by atoms with Crippen LogP contribution >= 0.6 is 23.8 Å². The number of thiocarbonyl (C=S) groups is 1. The molecule has 20 heavy (non-hydrogen) atoms. The SMILES string of the molecule is NC(=S)c1ccc(COc2ccc(F)cc2Cl)c(F)c1. The van der Waals surface area contributed by atoms with Crippen LogP contribution in [0.25, 0.3) is 0 Å². The van der Waals surface area contributed by atoms with Crippen LogP contribution in [0, 0.1) is 11.6 Å². The Balaban J connectivity index is 2.13. The molecule has 104 valence electrons. The summed E-state index contributed by atoms with van der Waals surface area (Å²) in [6.45, 7) is -0.0329. The number of ether oxygens (including phenoxy) is 1. The van der Waals surface area contributed by atoms with E-state index in [9.17, 15) is 8.78 Å². The van der Waals surface area contributed by atoms with E-state index in [1.54, 1.807) is 6.07 Å². The molecule has 2 nitrogen and oxygen atoms in total. The van der Waals surface area contributed by atoms with Crippen LogP contribution in [0.15, 0.2) is 36.4 Å². The lowest BCUT2D eigenvalue weighted by atomic mass is 10.1. The Kier molecular flexibility index (Phi) is 4.52. The Labute approximate surface area is 125 Å². The van der Waals surface area contributed by atoms with Crippen molar-refractivity contribution in [3.8, 4) is 5.75 Å². The monoisotopic (exact) mass is 313 g/mol. The van der Waals surface area contributed by atoms with E-state index in [1.165, 1.54) is 24.3 Å². The molecule has 0 fully saturated rings. The fourth-order valence-corrected chi connectivity index (χ4v) is 1.91. The van der Waals surface area contributed by atoms with Crippen molar-refractivity contribution in [1.29, 1.82) is 0 Å². The van der Waals surface area contributed by atoms with E-state index in [0.717, 1.165) is 6.07 Å². The summed E-state index contributed by atoms with van der Waals surface area (Å²) in [5.74, 6) is -0.659. The van der Waals surface area contributed by atoms with Crippen molar-refractivity contribution >= 4 is 28.8 Å². The topological polar surface area (TPSA) is 35.2 Å². The second-order valence-corrected chi connectivity index (χ2v) is 4.88. The first kappa shape index (κ1) is 14.7. The standard InChI is InChI=1S/C14H10ClF2NOS/c15-11-6-10(16)3-4-13(11)19-7-9-2-1-8(14(18)20)5-12(9)17/h1-6H,7H2,(H2,18,20). The Morgan fingerprint density at radius 1 is 1.20 bits per heavy atom. The molecule has 2 aromatic rings. The largest absolute Gasteiger partial charge is 0.487 e. The van der Waals surface area contributed by atoms with Gasteiger partial charge in [0.2, 0.25) is 0 Å². The summed E-state index contributed by atoms with van der Waals surface area (Å²) >= 11 is 10.6. The predicted octanol–water partition coefficient (Wildman–Crippen LogP) is 3.83. The van der Waals surface area contributed by atoms with Gasteiger partial charge in [-0.25, -0.2) is 8.78 Å². The van der Waals surface area contributed by atoms with Crippen LogP contribution in [0.2, 0.25) is 5.02 Å². The van der Waals surface area contributed by atoms with Crippen molar-refractivity contribution < 1.29 is 13.5 Å². The van der Waals surface area contributed by atoms with E-state index in [4.69, 9.17) is 34.3 Å². The van der Waals surface area contributed by atoms with Gasteiger partial charge >= 0.3 is 0 Å². The van der Waals surface area contributed by atoms with Crippen molar-refractivity contribution in [2.24, 2.45) is 5.73 Å². The normalized spacial score (nSPS) is 10.3. The molecule has 0 unspecified atom stereocenters. The molecule has 0 bridgehead atoms. The van der Waals surface area contributed by atoms with Gasteiger partial charge < -0.3 is 10.5 Å². The molecule has 2 N–H and O–H groups in total. The summed E-state index contributed by atoms with van der Waals surface area (Å²) in [4.78, 5) is 0.123. The Bertz CT molecular complexity index is 664. The number of nitrogens with two attached hydrogens (primary N) is 1. The minimum Gasteiger partial charge on any atom is -0.487 e. The van der Waals surface area contributed by atoms with Gasteiger partial charge in [0.1, 0.15) is 29.0 Å². The highest BCUT2D eigenvalue weighted by Crippen LogP contribution is 2.26. The summed E-state index contributed by atoms with van der Waals surface area (Å²) in [7, 11) is 0. The van der Waals surface area contributed by atoms with E-state index in [2.05, 4.69) is 0 Å². The molecule has 0 aliphatic rings. The lowest BCUT2D eigenvalue weighted by molar-refractivity contribution is 0.299. The minimum absolute atomic E-state index is 0.0329. The summed E-state index contributed by atoms with van der Waals surface area (Å²) in [5.41, 5.74) is 6.18. The third-order valence-electron chi connectivity index (χ3n) is 2.61. The third-order valence-corrected chi connectivity index (χ3v) is 3.15. The van der Waals surface area contributed by atoms with Crippen molar-refractivity contribution in [1.82, 2.24) is 0 Å². The summed E-state index contributed by atoms with van der Waals surface area (Å²) in [6.07, 6.45) is 0. The van der Waals surface area contributed by atoms with Crippen molar-refractivity contribution in [3.05, 3.63) is 64.2 Å². The van der Waals surface area contributed by atoms with Crippen molar-refractivity contribution in [2.45, 2.75) is 6.61 Å². The average molecular weight is 314 g/mol. The molecule has 0 saturated heterocycles. The zero-order valence-corrected chi connectivity index (χ0v) is 11.8. The first-order chi connectivity index (χ1) is 9.47. The Hall–Kier alpha value is -1.72. The molecule has 0 saturated carbocycles. The van der Waals surface area contributed by atoms with Crippen molar-refractivity contribution in [3.63, 3.8) is 0 Å². The molecular weight excluding hydrogens is 304 g/mol. The molecule has 0 radical (unpaired) electrons. The van der Waals surface area contributed by atoms with Gasteiger partial charge in [-0.05, 0) is 24.3 Å². The van der Waals surface area contributed by atoms with Crippen LogP contribution in [0.1, 0.15) is 11.1 Å². The van der Waals surface area contributed by atoms with E-state index in [1.807, 2.05) is 0 Å². The molecule has 2 rings (SSSR count). The summed E-state index contributed by atoms with van der Waals surface area (Å²) < 4.78 is 32.0. The van der Waals surface area contributed by atoms with Crippen LogP contribution in [0.5, 0.6) is 5.75 Å². The number of hydrogen-bond donors (Lipinski definition) is 1. The van der Waals surface area contributed by atoms with Crippen LogP contribution in [-0.2, 0) is 6.61 Å². The first-order valence-corrected chi connectivity index (χ1v) is 6.42. The van der Waals surface area contributed by atoms with Gasteiger partial charge in [-0.1, -0.05) is 36.0 Å². The second-order valence-electron chi connectivity index (χ2n) is 4.03. The van der Waals surface area contributed by atoms with Gasteiger partial charge in [0.05, 0.1) is 5.02 Å². The number of halogens is 3. The molecule has 0 heterocycles. The zero-order valence-electron chi connectivity index (χ0n) is 10.2. The summed E-state index contributed by atoms with van der Waals surface area (Å²) in [5, 5.41) is 0.130. The molecule has 0 atom stereocenters. The Morgan fingerprint density at radius 2 is 1.95 bits per heavy atom. The maximum Gasteiger partial charge on any atom is 0.138 e. The first-order valence-electron chi connectivity index (χ1n) is 5.63. The van der Waals surface area contributed by atoms with Crippen LogP contribution in [0.3, 0.4) is 0 Å². The highest BCUT2D eigenvalue weighted by Gasteiger charge is 2.08. The van der Waals surface area contributed by atoms with E-state index in [-0.39, 0.29) is 22.4 Å². The molecule has 0 spiro atoms. The van der Waals surface area contributed by atoms with E-state index in [0.29, 0.717) is 11.1 Å². The number of benzene rings is 2. The van der Waals surface area contributed by atoms with Gasteiger partial charge in [-0.15, -0.1) is 0 Å². The maximum atomic E-state index is 13.8. The smallest absolute Gasteiger partial charge is 0.138 e. The highest BCUT2D eigenvalue weighted by molar-refractivity contribution is 7.80. The average Bonchev–Trinajstić information content (AvgIpc) is 2.38. The van der Waals surface area contributed by atoms with Gasteiger partial charge in [0.15, 0.2) is 0 Å². The Morgan fingerprint density at radius 3 is 2.55 bits per heavy atom. The van der Waals surface area contributed by atoms with Crippen LogP contribution in [-0.4, -0.2) is 4.99 Å². The van der Waals surface area contributed by atoms with E-state index >= 15 is 0 Å². The highest BCUT2D eigenvalue weighted by atomic mass is 35.5. The number of hydrogen-bond acceptors (Lipinski definition) is 2.